The van der Waals surface area contributed by atoms with E-state index in [0.29, 0.717) is 6.17 Å². The van der Waals surface area contributed by atoms with Crippen LogP contribution in [0.1, 0.15) is 18.1 Å². The largest absolute Gasteiger partial charge is 0.398 e. The molecule has 0 spiro atoms. The highest BCUT2D eigenvalue weighted by atomic mass is 15.6. The van der Waals surface area contributed by atoms with Crippen LogP contribution in [0.4, 0.5) is 5.69 Å². The number of hydrazine groups is 1. The van der Waals surface area contributed by atoms with Gasteiger partial charge < -0.3 is 10.6 Å². The van der Waals surface area contributed by atoms with Crippen molar-refractivity contribution in [2.24, 2.45) is 0 Å². The zero-order valence-electron chi connectivity index (χ0n) is 10.6. The van der Waals surface area contributed by atoms with Gasteiger partial charge in [0.25, 0.3) is 0 Å². The first-order valence-electron chi connectivity index (χ1n) is 5.85. The molecule has 0 saturated heterocycles. The van der Waals surface area contributed by atoms with Crippen molar-refractivity contribution in [3.05, 3.63) is 41.7 Å². The summed E-state index contributed by atoms with van der Waals surface area (Å²) in [7, 11) is 2.06. The molecule has 1 aliphatic rings. The summed E-state index contributed by atoms with van der Waals surface area (Å²) < 4.78 is 0. The maximum Gasteiger partial charge on any atom is 0.112 e. The highest BCUT2D eigenvalue weighted by Crippen LogP contribution is 2.17. The van der Waals surface area contributed by atoms with Gasteiger partial charge in [0.2, 0.25) is 0 Å². The third-order valence-corrected chi connectivity index (χ3v) is 3.34. The number of rotatable bonds is 3. The molecule has 0 aromatic heterocycles. The van der Waals surface area contributed by atoms with E-state index >= 15 is 0 Å². The van der Waals surface area contributed by atoms with Gasteiger partial charge in [-0.3, -0.25) is 5.01 Å². The Labute approximate surface area is 103 Å². The summed E-state index contributed by atoms with van der Waals surface area (Å²) in [6.45, 7) is 4.98. The van der Waals surface area contributed by atoms with Crippen LogP contribution in [0.25, 0.3) is 0 Å². The van der Waals surface area contributed by atoms with Gasteiger partial charge in [0.05, 0.1) is 0 Å². The number of hydrogen-bond acceptors (Lipinski definition) is 4. The van der Waals surface area contributed by atoms with E-state index in [1.54, 1.807) is 0 Å². The van der Waals surface area contributed by atoms with Crippen molar-refractivity contribution < 1.29 is 0 Å². The monoisotopic (exact) mass is 232 g/mol. The molecular formula is C13H20N4. The van der Waals surface area contributed by atoms with E-state index in [2.05, 4.69) is 48.5 Å². The normalized spacial score (nSPS) is 19.1. The molecule has 1 atom stereocenters. The Morgan fingerprint density at radius 2 is 2.12 bits per heavy atom. The first-order valence-corrected chi connectivity index (χ1v) is 5.85. The lowest BCUT2D eigenvalue weighted by molar-refractivity contribution is 0.137. The first-order chi connectivity index (χ1) is 8.09. The zero-order valence-corrected chi connectivity index (χ0v) is 10.6. The van der Waals surface area contributed by atoms with Crippen LogP contribution in [0, 0.1) is 6.92 Å². The Kier molecular flexibility index (Phi) is 3.24. The average Bonchev–Trinajstić information content (AvgIpc) is 2.60. The molecule has 2 rings (SSSR count). The van der Waals surface area contributed by atoms with Crippen molar-refractivity contribution in [3.8, 4) is 0 Å². The topological polar surface area (TPSA) is 44.5 Å². The van der Waals surface area contributed by atoms with Gasteiger partial charge in [-0.15, -0.1) is 0 Å². The molecule has 0 amide bonds. The van der Waals surface area contributed by atoms with E-state index in [9.17, 15) is 0 Å². The third-order valence-electron chi connectivity index (χ3n) is 3.34. The SMILES string of the molecule is Cc1cccc(N)c1CNN1C=CN(C)C1C. The summed E-state index contributed by atoms with van der Waals surface area (Å²) in [5, 5.41) is 2.09. The standard InChI is InChI=1S/C13H20N4/c1-10-5-4-6-13(14)12(10)9-15-17-8-7-16(3)11(17)2/h4-8,11,15H,9,14H2,1-3H3. The van der Waals surface area contributed by atoms with Gasteiger partial charge in [-0.05, 0) is 31.0 Å². The Balaban J connectivity index is 2.01. The Hall–Kier alpha value is -1.68. The minimum atomic E-state index is 0.334. The van der Waals surface area contributed by atoms with Crippen molar-refractivity contribution in [2.45, 2.75) is 26.6 Å². The number of nitrogen functional groups attached to an aromatic ring is 1. The fourth-order valence-corrected chi connectivity index (χ4v) is 1.94. The van der Waals surface area contributed by atoms with Crippen LogP contribution >= 0.6 is 0 Å². The van der Waals surface area contributed by atoms with Crippen LogP contribution in [0.15, 0.2) is 30.6 Å². The van der Waals surface area contributed by atoms with Crippen molar-refractivity contribution in [1.82, 2.24) is 15.3 Å². The molecule has 0 aliphatic carbocycles. The van der Waals surface area contributed by atoms with Gasteiger partial charge in [-0.25, -0.2) is 5.43 Å². The van der Waals surface area contributed by atoms with Crippen molar-refractivity contribution >= 4 is 5.69 Å². The summed E-state index contributed by atoms with van der Waals surface area (Å²) >= 11 is 0. The highest BCUT2D eigenvalue weighted by Gasteiger charge is 2.18. The van der Waals surface area contributed by atoms with Gasteiger partial charge in [-0.2, -0.15) is 0 Å². The smallest absolute Gasteiger partial charge is 0.112 e. The van der Waals surface area contributed by atoms with Gasteiger partial charge in [0, 0.05) is 31.7 Å². The highest BCUT2D eigenvalue weighted by molar-refractivity contribution is 5.50. The second-order valence-corrected chi connectivity index (χ2v) is 4.48. The number of nitrogens with two attached hydrogens (primary N) is 1. The van der Waals surface area contributed by atoms with Crippen molar-refractivity contribution in [3.63, 3.8) is 0 Å². The molecule has 3 N–H and O–H groups in total. The minimum Gasteiger partial charge on any atom is -0.398 e. The second kappa shape index (κ2) is 4.67. The van der Waals surface area contributed by atoms with E-state index in [0.717, 1.165) is 12.2 Å². The minimum absolute atomic E-state index is 0.334. The predicted octanol–water partition coefficient (Wildman–Crippen LogP) is 1.65. The molecule has 92 valence electrons. The summed E-state index contributed by atoms with van der Waals surface area (Å²) in [5.41, 5.74) is 12.6. The summed E-state index contributed by atoms with van der Waals surface area (Å²) in [5.74, 6) is 0. The summed E-state index contributed by atoms with van der Waals surface area (Å²) in [6, 6.07) is 6.02. The molecule has 1 aliphatic heterocycles. The Bertz CT molecular complexity index is 407. The lowest BCUT2D eigenvalue weighted by Gasteiger charge is -2.27. The van der Waals surface area contributed by atoms with Crippen LogP contribution in [-0.2, 0) is 6.54 Å². The van der Waals surface area contributed by atoms with Gasteiger partial charge in [-0.1, -0.05) is 12.1 Å². The van der Waals surface area contributed by atoms with E-state index in [1.807, 2.05) is 18.3 Å². The summed E-state index contributed by atoms with van der Waals surface area (Å²) in [6.07, 6.45) is 4.43. The molecule has 4 heteroatoms. The quantitative estimate of drug-likeness (QED) is 0.778. The Morgan fingerprint density at radius 1 is 1.35 bits per heavy atom. The van der Waals surface area contributed by atoms with Crippen LogP contribution in [-0.4, -0.2) is 23.1 Å². The maximum absolute atomic E-state index is 5.98. The molecule has 17 heavy (non-hydrogen) atoms. The number of benzene rings is 1. The average molecular weight is 232 g/mol. The van der Waals surface area contributed by atoms with E-state index in [-0.39, 0.29) is 0 Å². The molecule has 1 aromatic rings. The molecule has 0 bridgehead atoms. The molecule has 0 saturated carbocycles. The molecule has 1 aromatic carbocycles. The van der Waals surface area contributed by atoms with Gasteiger partial charge in [0.1, 0.15) is 6.17 Å². The predicted molar refractivity (Wildman–Crippen MR) is 70.6 cm³/mol. The Morgan fingerprint density at radius 3 is 2.71 bits per heavy atom. The first kappa shape index (κ1) is 11.8. The van der Waals surface area contributed by atoms with Crippen LogP contribution in [0.5, 0.6) is 0 Å². The number of aryl methyl sites for hydroxylation is 1. The number of hydrogen-bond donors (Lipinski definition) is 2. The molecule has 1 heterocycles. The number of nitrogens with zero attached hydrogens (tertiary/aromatic N) is 2. The lowest BCUT2D eigenvalue weighted by Crippen LogP contribution is -2.42. The maximum atomic E-state index is 5.98. The molecule has 0 radical (unpaired) electrons. The fraction of sp³-hybridized carbons (Fsp3) is 0.385. The summed E-state index contributed by atoms with van der Waals surface area (Å²) in [4.78, 5) is 2.15. The van der Waals surface area contributed by atoms with Crippen LogP contribution in [0.2, 0.25) is 0 Å². The van der Waals surface area contributed by atoms with Gasteiger partial charge in [0.15, 0.2) is 0 Å². The zero-order chi connectivity index (χ0) is 12.4. The fourth-order valence-electron chi connectivity index (χ4n) is 1.94. The van der Waals surface area contributed by atoms with Crippen LogP contribution < -0.4 is 11.2 Å². The van der Waals surface area contributed by atoms with Gasteiger partial charge >= 0.3 is 0 Å². The molecule has 1 unspecified atom stereocenters. The van der Waals surface area contributed by atoms with Crippen LogP contribution in [0.3, 0.4) is 0 Å². The lowest BCUT2D eigenvalue weighted by atomic mass is 10.1. The van der Waals surface area contributed by atoms with E-state index < -0.39 is 0 Å². The van der Waals surface area contributed by atoms with E-state index in [1.165, 1.54) is 11.1 Å². The molecule has 4 nitrogen and oxygen atoms in total. The van der Waals surface area contributed by atoms with Crippen molar-refractivity contribution in [1.29, 1.82) is 0 Å². The second-order valence-electron chi connectivity index (χ2n) is 4.48. The van der Waals surface area contributed by atoms with Crippen molar-refractivity contribution in [2.75, 3.05) is 12.8 Å². The van der Waals surface area contributed by atoms with E-state index in [4.69, 9.17) is 5.73 Å². The number of nitrogens with one attached hydrogen (secondary N) is 1. The third kappa shape index (κ3) is 2.36. The number of anilines is 1. The molecular weight excluding hydrogens is 212 g/mol. The molecule has 0 fully saturated rings.